The van der Waals surface area contributed by atoms with Crippen molar-refractivity contribution in [3.05, 3.63) is 11.6 Å². The summed E-state index contributed by atoms with van der Waals surface area (Å²) in [5.41, 5.74) is -3.89. The van der Waals surface area contributed by atoms with Crippen LogP contribution in [0.4, 0.5) is 0 Å². The van der Waals surface area contributed by atoms with Crippen LogP contribution in [0.1, 0.15) is 101 Å². The van der Waals surface area contributed by atoms with Crippen LogP contribution in [0.3, 0.4) is 0 Å². The zero-order chi connectivity index (χ0) is 35.1. The molecule has 0 unspecified atom stereocenters. The molecule has 4 rings (SSSR count). The summed E-state index contributed by atoms with van der Waals surface area (Å²) in [7, 11) is 0. The molecule has 0 radical (unpaired) electrons. The maximum Gasteiger partial charge on any atom is 0.342 e. The molecule has 0 N–H and O–H groups in total. The Morgan fingerprint density at radius 2 is 1.36 bits per heavy atom. The standard InChI is InChI=1S/C34H48O13/c1-10-12-26(38)44-22-16-24(41-19(5)35)32(8)28(18(22)4)30(43-21(7)37)34-25(46-31(40)33(34,9)47-34)15-17(3)14-23(29(32)42-20(6)36)45-27(39)13-11-2/h15,18,22-25,28-30H,10-14,16H2,1-9H3/b17-15-/t18-,22-,23-,24-,25-,28+,29-,30-,32-,33-,34-/m0/s1. The highest BCUT2D eigenvalue weighted by Gasteiger charge is 2.87. The van der Waals surface area contributed by atoms with E-state index in [2.05, 4.69) is 0 Å². The Morgan fingerprint density at radius 3 is 1.87 bits per heavy atom. The summed E-state index contributed by atoms with van der Waals surface area (Å²) < 4.78 is 42.4. The van der Waals surface area contributed by atoms with E-state index in [-0.39, 0.29) is 25.7 Å². The van der Waals surface area contributed by atoms with Gasteiger partial charge in [0.15, 0.2) is 17.3 Å². The first-order chi connectivity index (χ1) is 22.0. The molecule has 1 saturated carbocycles. The average Bonchev–Trinajstić information content (AvgIpc) is 3.54. The Balaban J connectivity index is 2.06. The van der Waals surface area contributed by atoms with Crippen LogP contribution in [0.5, 0.6) is 0 Å². The third kappa shape index (κ3) is 6.51. The summed E-state index contributed by atoms with van der Waals surface area (Å²) in [6, 6.07) is 0. The molecule has 0 amide bonds. The zero-order valence-electron chi connectivity index (χ0n) is 28.7. The summed E-state index contributed by atoms with van der Waals surface area (Å²) in [5, 5.41) is 0. The fourth-order valence-electron chi connectivity index (χ4n) is 8.11. The SMILES string of the molecule is CCCC(=O)O[C@H]1C[C@H](OC(C)=O)[C@@]2(C)[C@H]([C@H]1C)[C@H](OC(C)=O)[C@]13O[C@@]1(C)C(=O)O[C@H]3/C=C(/C)C[C@H](OC(=O)CCC)[C@@H]2OC(C)=O. The minimum Gasteiger partial charge on any atom is -0.462 e. The lowest BCUT2D eigenvalue weighted by atomic mass is 9.52. The van der Waals surface area contributed by atoms with Crippen LogP contribution >= 0.6 is 0 Å². The molecular formula is C34H48O13. The molecule has 2 saturated heterocycles. The molecule has 2 aliphatic heterocycles. The predicted octanol–water partition coefficient (Wildman–Crippen LogP) is 3.67. The van der Waals surface area contributed by atoms with E-state index in [0.717, 1.165) is 0 Å². The number of esters is 6. The van der Waals surface area contributed by atoms with Crippen molar-refractivity contribution in [2.45, 2.75) is 149 Å². The van der Waals surface area contributed by atoms with E-state index in [1.165, 1.54) is 20.8 Å². The number of hydrogen-bond donors (Lipinski definition) is 0. The highest BCUT2D eigenvalue weighted by atomic mass is 16.7. The third-order valence-electron chi connectivity index (χ3n) is 10.2. The third-order valence-corrected chi connectivity index (χ3v) is 10.2. The molecular weight excluding hydrogens is 616 g/mol. The fraction of sp³-hybridized carbons (Fsp3) is 0.765. The molecule has 47 heavy (non-hydrogen) atoms. The van der Waals surface area contributed by atoms with Gasteiger partial charge in [-0.05, 0) is 32.8 Å². The second-order valence-corrected chi connectivity index (χ2v) is 13.7. The number of hydrogen-bond acceptors (Lipinski definition) is 13. The Labute approximate surface area is 275 Å². The number of epoxide rings is 1. The van der Waals surface area contributed by atoms with Crippen LogP contribution in [0.2, 0.25) is 0 Å². The Hall–Kier alpha value is -3.48. The highest BCUT2D eigenvalue weighted by Crippen LogP contribution is 2.66. The molecule has 13 nitrogen and oxygen atoms in total. The van der Waals surface area contributed by atoms with Crippen molar-refractivity contribution >= 4 is 35.8 Å². The van der Waals surface area contributed by atoms with Crippen molar-refractivity contribution in [2.24, 2.45) is 17.3 Å². The molecule has 2 aliphatic carbocycles. The summed E-state index contributed by atoms with van der Waals surface area (Å²) in [6.07, 6.45) is -3.61. The summed E-state index contributed by atoms with van der Waals surface area (Å²) in [6.45, 7) is 14.2. The van der Waals surface area contributed by atoms with E-state index in [1.807, 2.05) is 13.8 Å². The van der Waals surface area contributed by atoms with Gasteiger partial charge in [0, 0.05) is 58.3 Å². The van der Waals surface area contributed by atoms with Crippen LogP contribution in [0.25, 0.3) is 0 Å². The monoisotopic (exact) mass is 664 g/mol. The predicted molar refractivity (Wildman–Crippen MR) is 162 cm³/mol. The summed E-state index contributed by atoms with van der Waals surface area (Å²) >= 11 is 0. The lowest BCUT2D eigenvalue weighted by Gasteiger charge is -2.57. The van der Waals surface area contributed by atoms with Gasteiger partial charge in [0.25, 0.3) is 0 Å². The van der Waals surface area contributed by atoms with E-state index in [9.17, 15) is 28.8 Å². The average molecular weight is 665 g/mol. The highest BCUT2D eigenvalue weighted by molar-refractivity contribution is 5.89. The first-order valence-corrected chi connectivity index (χ1v) is 16.4. The van der Waals surface area contributed by atoms with E-state index in [1.54, 1.807) is 33.8 Å². The second kappa shape index (κ2) is 13.6. The van der Waals surface area contributed by atoms with Crippen LogP contribution in [-0.4, -0.2) is 83.6 Å². The largest absolute Gasteiger partial charge is 0.462 e. The van der Waals surface area contributed by atoms with Gasteiger partial charge in [-0.15, -0.1) is 0 Å². The maximum atomic E-state index is 13.3. The van der Waals surface area contributed by atoms with Gasteiger partial charge < -0.3 is 33.2 Å². The lowest BCUT2D eigenvalue weighted by molar-refractivity contribution is -0.248. The van der Waals surface area contributed by atoms with Crippen LogP contribution in [0.15, 0.2) is 11.6 Å². The van der Waals surface area contributed by atoms with E-state index in [0.29, 0.717) is 18.4 Å². The first kappa shape index (κ1) is 36.4. The minimum absolute atomic E-state index is 0.00217. The number of carbonyl (C=O) groups excluding carboxylic acids is 6. The van der Waals surface area contributed by atoms with Crippen LogP contribution in [-0.2, 0) is 61.9 Å². The van der Waals surface area contributed by atoms with Gasteiger partial charge in [0.1, 0.15) is 30.5 Å². The first-order valence-electron chi connectivity index (χ1n) is 16.4. The smallest absolute Gasteiger partial charge is 0.342 e. The van der Waals surface area contributed by atoms with E-state index >= 15 is 0 Å². The number of fused-ring (bicyclic) bond motifs is 1. The molecule has 0 aromatic heterocycles. The maximum absolute atomic E-state index is 13.3. The number of carbonyl (C=O) groups is 6. The molecule has 0 aromatic carbocycles. The van der Waals surface area contributed by atoms with Crippen LogP contribution in [0, 0.1) is 17.3 Å². The lowest BCUT2D eigenvalue weighted by Crippen LogP contribution is -2.68. The Kier molecular flexibility index (Phi) is 10.5. The van der Waals surface area contributed by atoms with Gasteiger partial charge >= 0.3 is 35.8 Å². The molecule has 0 bridgehead atoms. The summed E-state index contributed by atoms with van der Waals surface area (Å²) in [4.78, 5) is 77.9. The van der Waals surface area contributed by atoms with Crippen molar-refractivity contribution in [2.75, 3.05) is 0 Å². The van der Waals surface area contributed by atoms with E-state index in [4.69, 9.17) is 33.2 Å². The Bertz CT molecular complexity index is 1320. The van der Waals surface area contributed by atoms with Gasteiger partial charge in [0.2, 0.25) is 0 Å². The number of ether oxygens (including phenoxy) is 7. The van der Waals surface area contributed by atoms with Crippen molar-refractivity contribution in [1.29, 1.82) is 0 Å². The van der Waals surface area contributed by atoms with Crippen molar-refractivity contribution in [3.63, 3.8) is 0 Å². The van der Waals surface area contributed by atoms with Crippen molar-refractivity contribution in [1.82, 2.24) is 0 Å². The number of rotatable bonds is 9. The quantitative estimate of drug-likeness (QED) is 0.152. The second-order valence-electron chi connectivity index (χ2n) is 13.7. The molecule has 11 atom stereocenters. The molecule has 3 fully saturated rings. The Morgan fingerprint density at radius 1 is 0.830 bits per heavy atom. The molecule has 4 aliphatic rings. The molecule has 0 aromatic rings. The van der Waals surface area contributed by atoms with Gasteiger partial charge in [0.05, 0.1) is 5.41 Å². The van der Waals surface area contributed by atoms with E-state index < -0.39 is 101 Å². The van der Waals surface area contributed by atoms with Crippen molar-refractivity contribution < 1.29 is 61.9 Å². The molecule has 1 spiro atoms. The van der Waals surface area contributed by atoms with Gasteiger partial charge in [-0.2, -0.15) is 0 Å². The van der Waals surface area contributed by atoms with Crippen LogP contribution < -0.4 is 0 Å². The topological polar surface area (TPSA) is 170 Å². The van der Waals surface area contributed by atoms with Gasteiger partial charge in [-0.3, -0.25) is 24.0 Å². The zero-order valence-corrected chi connectivity index (χ0v) is 28.7. The molecule has 13 heteroatoms. The fourth-order valence-corrected chi connectivity index (χ4v) is 8.11. The summed E-state index contributed by atoms with van der Waals surface area (Å²) in [5.74, 6) is -5.35. The van der Waals surface area contributed by atoms with Gasteiger partial charge in [-0.25, -0.2) is 4.79 Å². The van der Waals surface area contributed by atoms with Crippen molar-refractivity contribution in [3.8, 4) is 0 Å². The van der Waals surface area contributed by atoms with Gasteiger partial charge in [-0.1, -0.05) is 33.3 Å². The minimum atomic E-state index is -1.53. The molecule has 2 heterocycles. The molecule has 262 valence electrons. The normalized spacial score (nSPS) is 40.1.